The largest absolute Gasteiger partial charge is 0.483 e. The van der Waals surface area contributed by atoms with Crippen LogP contribution in [0.2, 0.25) is 0 Å². The van der Waals surface area contributed by atoms with Crippen LogP contribution in [0, 0.1) is 17.5 Å². The van der Waals surface area contributed by atoms with Gasteiger partial charge >= 0.3 is 0 Å². The molecule has 232 valence electrons. The second kappa shape index (κ2) is 11.4. The van der Waals surface area contributed by atoms with Gasteiger partial charge in [-0.05, 0) is 25.3 Å². The molecule has 9 nitrogen and oxygen atoms in total. The maximum atomic E-state index is 14.6. The average Bonchev–Trinajstić information content (AvgIpc) is 3.30. The molecule has 1 spiro atoms. The predicted molar refractivity (Wildman–Crippen MR) is 149 cm³/mol. The molecule has 2 aromatic carbocycles. The number of primary amides is 1. The molecule has 2 bridgehead atoms. The molecule has 6 rings (SSSR count). The Labute approximate surface area is 249 Å². The van der Waals surface area contributed by atoms with Crippen LogP contribution in [0.15, 0.2) is 53.5 Å². The number of ether oxygens (including phenoxy) is 1. The molecule has 0 radical (unpaired) electrons. The summed E-state index contributed by atoms with van der Waals surface area (Å²) in [6.07, 6.45) is 2.01. The summed E-state index contributed by atoms with van der Waals surface area (Å²) in [4.78, 5) is 47.9. The predicted octanol–water partition coefficient (Wildman–Crippen LogP) is 4.04. The average molecular weight is 615 g/mol. The van der Waals surface area contributed by atoms with Gasteiger partial charge in [0.25, 0.3) is 11.8 Å². The molecule has 4 heterocycles. The van der Waals surface area contributed by atoms with E-state index in [0.717, 1.165) is 5.06 Å². The molecule has 1 unspecified atom stereocenters. The van der Waals surface area contributed by atoms with Gasteiger partial charge in [0.15, 0.2) is 11.4 Å². The zero-order valence-corrected chi connectivity index (χ0v) is 23.8. The fourth-order valence-corrected chi connectivity index (χ4v) is 6.53. The van der Waals surface area contributed by atoms with Gasteiger partial charge < -0.3 is 19.9 Å². The fourth-order valence-electron chi connectivity index (χ4n) is 6.53. The zero-order valence-electron chi connectivity index (χ0n) is 23.8. The first-order valence-corrected chi connectivity index (χ1v) is 14.2. The highest BCUT2D eigenvalue weighted by atomic mass is 19.1. The number of carbonyl (C=O) groups excluding carboxylic acids is 2. The lowest BCUT2D eigenvalue weighted by Gasteiger charge is -2.43. The molecule has 3 aromatic rings. The highest BCUT2D eigenvalue weighted by Crippen LogP contribution is 2.49. The molecule has 3 aliphatic heterocycles. The van der Waals surface area contributed by atoms with Gasteiger partial charge in [0.2, 0.25) is 5.43 Å². The fraction of sp³-hybridized carbons (Fsp3) is 0.387. The highest BCUT2D eigenvalue weighted by Gasteiger charge is 2.56. The molecule has 0 aliphatic carbocycles. The third-order valence-electron chi connectivity index (χ3n) is 8.86. The normalized spacial score (nSPS) is 24.8. The lowest BCUT2D eigenvalue weighted by molar-refractivity contribution is -0.228. The number of nitrogens with zero attached hydrogens (tertiary/aromatic N) is 3. The number of hydrogen-bond donors (Lipinski definition) is 1. The lowest BCUT2D eigenvalue weighted by atomic mass is 9.83. The molecule has 3 aliphatic rings. The van der Waals surface area contributed by atoms with Crippen LogP contribution in [0.25, 0.3) is 0 Å². The number of rotatable bonds is 7. The number of halogens is 4. The first-order valence-electron chi connectivity index (χ1n) is 14.2. The van der Waals surface area contributed by atoms with E-state index in [-0.39, 0.29) is 37.1 Å². The van der Waals surface area contributed by atoms with Gasteiger partial charge in [0, 0.05) is 42.9 Å². The number of alkyl halides is 1. The van der Waals surface area contributed by atoms with Gasteiger partial charge in [0.1, 0.15) is 41.9 Å². The van der Waals surface area contributed by atoms with E-state index in [2.05, 4.69) is 0 Å². The number of benzene rings is 2. The van der Waals surface area contributed by atoms with Crippen LogP contribution in [0.5, 0.6) is 5.75 Å². The molecule has 2 amide bonds. The van der Waals surface area contributed by atoms with E-state index in [9.17, 15) is 31.9 Å². The third-order valence-corrected chi connectivity index (χ3v) is 8.86. The van der Waals surface area contributed by atoms with Crippen LogP contribution >= 0.6 is 0 Å². The number of aromatic nitrogens is 1. The summed E-state index contributed by atoms with van der Waals surface area (Å²) in [5.74, 6) is -5.23. The lowest BCUT2D eigenvalue weighted by Crippen LogP contribution is -2.52. The molecule has 4 atom stereocenters. The maximum Gasteiger partial charge on any atom is 0.274 e. The summed E-state index contributed by atoms with van der Waals surface area (Å²) in [5.41, 5.74) is 3.24. The Bertz CT molecular complexity index is 1660. The summed E-state index contributed by atoms with van der Waals surface area (Å²) < 4.78 is 64.6. The Balaban J connectivity index is 1.45. The van der Waals surface area contributed by atoms with Gasteiger partial charge in [-0.15, -0.1) is 0 Å². The van der Waals surface area contributed by atoms with Crippen molar-refractivity contribution >= 4 is 11.8 Å². The van der Waals surface area contributed by atoms with E-state index < -0.39 is 76.7 Å². The molecule has 44 heavy (non-hydrogen) atoms. The van der Waals surface area contributed by atoms with E-state index in [4.69, 9.17) is 15.3 Å². The number of carbonyl (C=O) groups is 2. The van der Waals surface area contributed by atoms with Crippen LogP contribution in [-0.4, -0.2) is 57.2 Å². The summed E-state index contributed by atoms with van der Waals surface area (Å²) in [7, 11) is 0. The summed E-state index contributed by atoms with van der Waals surface area (Å²) >= 11 is 0. The number of amides is 2. The van der Waals surface area contributed by atoms with Crippen LogP contribution in [0.1, 0.15) is 64.2 Å². The quantitative estimate of drug-likeness (QED) is 0.403. The zero-order chi connectivity index (χ0) is 31.3. The molecule has 1 aromatic heterocycles. The topological polar surface area (TPSA) is 107 Å². The van der Waals surface area contributed by atoms with Crippen molar-refractivity contribution in [2.75, 3.05) is 13.2 Å². The third kappa shape index (κ3) is 5.03. The smallest absolute Gasteiger partial charge is 0.274 e. The Morgan fingerprint density at radius 2 is 1.84 bits per heavy atom. The second-order valence-corrected chi connectivity index (χ2v) is 11.5. The minimum atomic E-state index is -1.22. The monoisotopic (exact) mass is 614 g/mol. The van der Waals surface area contributed by atoms with E-state index in [1.165, 1.54) is 10.8 Å². The van der Waals surface area contributed by atoms with E-state index >= 15 is 0 Å². The first kappa shape index (κ1) is 29.8. The second-order valence-electron chi connectivity index (χ2n) is 11.5. The van der Waals surface area contributed by atoms with Crippen molar-refractivity contribution in [2.45, 2.75) is 63.1 Å². The number of pyridine rings is 1. The Morgan fingerprint density at radius 3 is 2.50 bits per heavy atom. The molecule has 2 saturated heterocycles. The van der Waals surface area contributed by atoms with Gasteiger partial charge in [0.05, 0.1) is 18.6 Å². The van der Waals surface area contributed by atoms with Gasteiger partial charge in [-0.2, -0.15) is 5.06 Å². The summed E-state index contributed by atoms with van der Waals surface area (Å²) in [6.45, 7) is 0.415. The Morgan fingerprint density at radius 1 is 1.14 bits per heavy atom. The van der Waals surface area contributed by atoms with Crippen LogP contribution in [0.3, 0.4) is 0 Å². The molecule has 13 heteroatoms. The minimum absolute atomic E-state index is 0.0605. The van der Waals surface area contributed by atoms with Crippen LogP contribution in [-0.2, 0) is 18.0 Å². The summed E-state index contributed by atoms with van der Waals surface area (Å²) in [6, 6.07) is 7.99. The van der Waals surface area contributed by atoms with Crippen molar-refractivity contribution in [2.24, 2.45) is 5.73 Å². The maximum absolute atomic E-state index is 14.6. The first-order chi connectivity index (χ1) is 21.0. The Hall–Kier alpha value is -4.23. The van der Waals surface area contributed by atoms with Gasteiger partial charge in [-0.1, -0.05) is 30.3 Å². The Kier molecular flexibility index (Phi) is 7.70. The van der Waals surface area contributed by atoms with E-state index in [1.807, 2.05) is 13.0 Å². The van der Waals surface area contributed by atoms with Crippen molar-refractivity contribution in [1.82, 2.24) is 14.5 Å². The van der Waals surface area contributed by atoms with Crippen molar-refractivity contribution in [3.8, 4) is 5.75 Å². The van der Waals surface area contributed by atoms with Crippen molar-refractivity contribution < 1.29 is 36.7 Å². The number of nitrogens with two attached hydrogens (primary N) is 1. The van der Waals surface area contributed by atoms with Crippen molar-refractivity contribution in [1.29, 1.82) is 0 Å². The number of hydroxylamine groups is 2. The van der Waals surface area contributed by atoms with E-state index in [1.54, 1.807) is 29.2 Å². The SMILES string of the molecule is C[C@H]1CC[C@]2(CC(CF)N(Cc3c(F)cc(F)cc3F)O2)[C@H]2CN1C(=O)c1c(OCc3ccccc3)c(=O)c(C(N)=O)cn12. The minimum Gasteiger partial charge on any atom is -0.483 e. The van der Waals surface area contributed by atoms with Crippen molar-refractivity contribution in [3.05, 3.63) is 98.7 Å². The van der Waals surface area contributed by atoms with E-state index in [0.29, 0.717) is 30.5 Å². The molecule has 2 fully saturated rings. The van der Waals surface area contributed by atoms with Gasteiger partial charge in [-0.25, -0.2) is 17.6 Å². The van der Waals surface area contributed by atoms with Gasteiger partial charge in [-0.3, -0.25) is 19.2 Å². The molecular formula is C31H30F4N4O5. The van der Waals surface area contributed by atoms with Crippen LogP contribution < -0.4 is 15.9 Å². The number of hydrogen-bond acceptors (Lipinski definition) is 6. The highest BCUT2D eigenvalue weighted by molar-refractivity contribution is 5.99. The summed E-state index contributed by atoms with van der Waals surface area (Å²) in [5, 5.41) is 1.15. The number of fused-ring (bicyclic) bond motifs is 5. The molecule has 2 N–H and O–H groups in total. The standard InChI is InChI=1S/C31H30F4N4O5/c1-17-7-8-31(11-20(12-32)39(44-31)14-21-23(34)9-19(33)10-24(21)35)25-15-37(17)30(42)26-28(43-16-18-5-3-2-4-6-18)27(40)22(29(36)41)13-38(25)26/h2-6,9-10,13,17,20,25H,7-8,11-12,14-16H2,1H3,(H2,36,41)/t17-,20?,25+,31-/m0/s1. The molecule has 0 saturated carbocycles. The van der Waals surface area contributed by atoms with Crippen LogP contribution in [0.4, 0.5) is 17.6 Å². The van der Waals surface area contributed by atoms with Crippen molar-refractivity contribution in [3.63, 3.8) is 0 Å². The molecular weight excluding hydrogens is 584 g/mol.